The second-order valence-corrected chi connectivity index (χ2v) is 5.38. The molecule has 1 fully saturated rings. The molecule has 122 valence electrons. The zero-order valence-electron chi connectivity index (χ0n) is 12.3. The lowest BCUT2D eigenvalue weighted by Crippen LogP contribution is -2.48. The number of hydrogen-bond donors (Lipinski definition) is 3. The van der Waals surface area contributed by atoms with Gasteiger partial charge in [-0.05, 0) is 25.8 Å². The fraction of sp³-hybridized carbons (Fsp3) is 0.714. The van der Waals surface area contributed by atoms with Crippen LogP contribution in [0.4, 0.5) is 0 Å². The van der Waals surface area contributed by atoms with Crippen molar-refractivity contribution in [1.82, 2.24) is 10.2 Å². The molecular weight excluding hydrogens is 290 g/mol. The number of nitrogens with one attached hydrogen (secondary N) is 1. The van der Waals surface area contributed by atoms with E-state index in [9.17, 15) is 14.4 Å². The molecule has 0 aromatic heterocycles. The van der Waals surface area contributed by atoms with Gasteiger partial charge in [0.1, 0.15) is 6.04 Å². The van der Waals surface area contributed by atoms with Crippen LogP contribution in [0.3, 0.4) is 0 Å². The first-order valence-corrected chi connectivity index (χ1v) is 7.28. The van der Waals surface area contributed by atoms with Crippen LogP contribution in [0, 0.1) is 17.2 Å². The van der Waals surface area contributed by atoms with Crippen LogP contribution in [-0.2, 0) is 14.4 Å². The Kier molecular flexibility index (Phi) is 7.32. The topological polar surface area (TPSA) is 131 Å². The van der Waals surface area contributed by atoms with Crippen LogP contribution in [0.15, 0.2) is 0 Å². The Balaban J connectivity index is 2.52. The zero-order valence-corrected chi connectivity index (χ0v) is 12.3. The Morgan fingerprint density at radius 1 is 1.36 bits per heavy atom. The van der Waals surface area contributed by atoms with Gasteiger partial charge < -0.3 is 20.4 Å². The first-order chi connectivity index (χ1) is 10.4. The maximum atomic E-state index is 12.2. The van der Waals surface area contributed by atoms with Crippen molar-refractivity contribution < 1.29 is 24.6 Å². The van der Waals surface area contributed by atoms with Crippen molar-refractivity contribution in [2.45, 2.75) is 38.1 Å². The van der Waals surface area contributed by atoms with Crippen molar-refractivity contribution in [3.05, 3.63) is 0 Å². The Labute approximate surface area is 128 Å². The lowest BCUT2D eigenvalue weighted by Gasteiger charge is -2.32. The van der Waals surface area contributed by atoms with E-state index in [4.69, 9.17) is 15.5 Å². The zero-order chi connectivity index (χ0) is 16.5. The minimum atomic E-state index is -1.23. The number of likely N-dealkylation sites (tertiary alicyclic amines) is 1. The van der Waals surface area contributed by atoms with Crippen LogP contribution in [-0.4, -0.2) is 58.6 Å². The molecule has 0 aliphatic carbocycles. The number of amides is 1. The summed E-state index contributed by atoms with van der Waals surface area (Å²) >= 11 is 0. The molecule has 2 atom stereocenters. The Bertz CT molecular complexity index is 460. The molecule has 0 aromatic rings. The lowest BCUT2D eigenvalue weighted by molar-refractivity contribution is -0.144. The summed E-state index contributed by atoms with van der Waals surface area (Å²) in [4.78, 5) is 35.8. The minimum Gasteiger partial charge on any atom is -0.481 e. The second kappa shape index (κ2) is 9.00. The standard InChI is InChI=1S/C14H21N3O5/c15-6-2-8-17-7-1-3-10(9-17)13(20)16-11(14(21)22)4-5-12(18)19/h10-11H,1-5,7-9H2,(H,16,20)(H,18,19)(H,21,22). The molecule has 0 aromatic carbocycles. The third kappa shape index (κ3) is 6.10. The third-order valence-electron chi connectivity index (χ3n) is 3.68. The van der Waals surface area contributed by atoms with Crippen LogP contribution in [0.2, 0.25) is 0 Å². The Morgan fingerprint density at radius 3 is 2.68 bits per heavy atom. The molecule has 3 N–H and O–H groups in total. The van der Waals surface area contributed by atoms with Crippen molar-refractivity contribution in [2.24, 2.45) is 5.92 Å². The van der Waals surface area contributed by atoms with Crippen molar-refractivity contribution >= 4 is 17.8 Å². The molecule has 1 heterocycles. The van der Waals surface area contributed by atoms with Gasteiger partial charge in [0.2, 0.25) is 5.91 Å². The van der Waals surface area contributed by atoms with Gasteiger partial charge in [-0.15, -0.1) is 0 Å². The van der Waals surface area contributed by atoms with Gasteiger partial charge in [-0.2, -0.15) is 5.26 Å². The van der Waals surface area contributed by atoms with Gasteiger partial charge in [-0.3, -0.25) is 9.59 Å². The molecule has 1 rings (SSSR count). The van der Waals surface area contributed by atoms with Gasteiger partial charge >= 0.3 is 11.9 Å². The molecule has 0 spiro atoms. The molecule has 2 unspecified atom stereocenters. The summed E-state index contributed by atoms with van der Waals surface area (Å²) in [6.45, 7) is 1.92. The first kappa shape index (κ1) is 17.9. The Hall–Kier alpha value is -2.14. The molecule has 8 nitrogen and oxygen atoms in total. The summed E-state index contributed by atoms with van der Waals surface area (Å²) < 4.78 is 0. The van der Waals surface area contributed by atoms with Crippen molar-refractivity contribution in [2.75, 3.05) is 19.6 Å². The molecule has 0 radical (unpaired) electrons. The summed E-state index contributed by atoms with van der Waals surface area (Å²) in [5, 5.41) is 28.7. The Morgan fingerprint density at radius 2 is 2.09 bits per heavy atom. The number of hydrogen-bond acceptors (Lipinski definition) is 5. The van der Waals surface area contributed by atoms with Crippen molar-refractivity contribution in [3.8, 4) is 6.07 Å². The van der Waals surface area contributed by atoms with E-state index < -0.39 is 18.0 Å². The van der Waals surface area contributed by atoms with Crippen molar-refractivity contribution in [1.29, 1.82) is 5.26 Å². The van der Waals surface area contributed by atoms with Gasteiger partial charge in [0, 0.05) is 25.9 Å². The maximum absolute atomic E-state index is 12.2. The predicted molar refractivity (Wildman–Crippen MR) is 75.8 cm³/mol. The predicted octanol–water partition coefficient (Wildman–Crippen LogP) is 0.0463. The summed E-state index contributed by atoms with van der Waals surface area (Å²) in [6.07, 6.45) is 1.43. The minimum absolute atomic E-state index is 0.138. The van der Waals surface area contributed by atoms with E-state index in [1.165, 1.54) is 0 Å². The van der Waals surface area contributed by atoms with Crippen molar-refractivity contribution in [3.63, 3.8) is 0 Å². The van der Waals surface area contributed by atoms with Crippen LogP contribution < -0.4 is 5.32 Å². The lowest BCUT2D eigenvalue weighted by atomic mass is 9.96. The highest BCUT2D eigenvalue weighted by Gasteiger charge is 2.29. The molecule has 22 heavy (non-hydrogen) atoms. The molecule has 0 bridgehead atoms. The normalized spacial score (nSPS) is 19.9. The number of rotatable bonds is 8. The number of piperidine rings is 1. The average molecular weight is 311 g/mol. The van der Waals surface area contributed by atoms with E-state index in [0.717, 1.165) is 13.0 Å². The number of carbonyl (C=O) groups excluding carboxylic acids is 1. The maximum Gasteiger partial charge on any atom is 0.326 e. The van der Waals surface area contributed by atoms with Crippen LogP contribution in [0.1, 0.15) is 32.1 Å². The highest BCUT2D eigenvalue weighted by molar-refractivity contribution is 5.85. The quantitative estimate of drug-likeness (QED) is 0.577. The summed E-state index contributed by atoms with van der Waals surface area (Å²) in [7, 11) is 0. The van der Waals surface area contributed by atoms with E-state index in [2.05, 4.69) is 11.4 Å². The molecule has 1 aliphatic rings. The van der Waals surface area contributed by atoms with Gasteiger partial charge in [0.15, 0.2) is 0 Å². The van der Waals surface area contributed by atoms with E-state index in [-0.39, 0.29) is 24.7 Å². The van der Waals surface area contributed by atoms with E-state index in [1.54, 1.807) is 0 Å². The van der Waals surface area contributed by atoms with Crippen LogP contribution in [0.25, 0.3) is 0 Å². The van der Waals surface area contributed by atoms with E-state index >= 15 is 0 Å². The third-order valence-corrected chi connectivity index (χ3v) is 3.68. The van der Waals surface area contributed by atoms with Crippen LogP contribution >= 0.6 is 0 Å². The summed E-state index contributed by atoms with van der Waals surface area (Å²) in [5.74, 6) is -3.01. The van der Waals surface area contributed by atoms with E-state index in [0.29, 0.717) is 25.9 Å². The number of aliphatic carboxylic acids is 2. The molecule has 1 saturated heterocycles. The highest BCUT2D eigenvalue weighted by Crippen LogP contribution is 2.17. The average Bonchev–Trinajstić information content (AvgIpc) is 2.48. The summed E-state index contributed by atoms with van der Waals surface area (Å²) in [5.41, 5.74) is 0. The highest BCUT2D eigenvalue weighted by atomic mass is 16.4. The van der Waals surface area contributed by atoms with Gasteiger partial charge in [0.05, 0.1) is 12.0 Å². The first-order valence-electron chi connectivity index (χ1n) is 7.28. The molecule has 0 saturated carbocycles. The van der Waals surface area contributed by atoms with Crippen LogP contribution in [0.5, 0.6) is 0 Å². The fourth-order valence-electron chi connectivity index (χ4n) is 2.50. The SMILES string of the molecule is N#CCCN1CCCC(C(=O)NC(CCC(=O)O)C(=O)O)C1. The fourth-order valence-corrected chi connectivity index (χ4v) is 2.50. The van der Waals surface area contributed by atoms with Gasteiger partial charge in [-0.25, -0.2) is 4.79 Å². The van der Waals surface area contributed by atoms with E-state index in [1.807, 2.05) is 4.90 Å². The van der Waals surface area contributed by atoms with Gasteiger partial charge in [0.25, 0.3) is 0 Å². The van der Waals surface area contributed by atoms with Gasteiger partial charge in [-0.1, -0.05) is 0 Å². The number of carboxylic acids is 2. The number of nitrogens with zero attached hydrogens (tertiary/aromatic N) is 2. The molecule has 1 aliphatic heterocycles. The smallest absolute Gasteiger partial charge is 0.326 e. The molecule has 1 amide bonds. The monoisotopic (exact) mass is 311 g/mol. The second-order valence-electron chi connectivity index (χ2n) is 5.38. The largest absolute Gasteiger partial charge is 0.481 e. The number of carboxylic acid groups (broad SMARTS) is 2. The molecular formula is C14H21N3O5. The number of carbonyl (C=O) groups is 3. The molecule has 8 heteroatoms. The summed E-state index contributed by atoms with van der Waals surface area (Å²) in [6, 6.07) is 0.876. The number of nitriles is 1.